The fraction of sp³-hybridized carbons (Fsp3) is 0.429. The van der Waals surface area contributed by atoms with Crippen molar-refractivity contribution in [1.29, 1.82) is 0 Å². The molecule has 5 heteroatoms. The molecule has 4 nitrogen and oxygen atoms in total. The Balaban J connectivity index is 2.76. The first-order valence-corrected chi connectivity index (χ1v) is 6.24. The minimum atomic E-state index is -1.25. The molecule has 0 radical (unpaired) electrons. The average Bonchev–Trinajstić information content (AvgIpc) is 2.38. The molecule has 0 aliphatic heterocycles. The molecule has 2 amide bonds. The Morgan fingerprint density at radius 1 is 1.21 bits per heavy atom. The van der Waals surface area contributed by atoms with Crippen molar-refractivity contribution >= 4 is 17.5 Å². The molecule has 0 fully saturated rings. The van der Waals surface area contributed by atoms with Gasteiger partial charge in [-0.15, -0.1) is 0 Å². The predicted molar refractivity (Wildman–Crippen MR) is 72.1 cm³/mol. The van der Waals surface area contributed by atoms with Crippen LogP contribution >= 0.6 is 0 Å². The van der Waals surface area contributed by atoms with Crippen LogP contribution in [0.1, 0.15) is 27.2 Å². The van der Waals surface area contributed by atoms with Gasteiger partial charge in [-0.3, -0.25) is 9.59 Å². The quantitative estimate of drug-likeness (QED) is 0.803. The van der Waals surface area contributed by atoms with Crippen molar-refractivity contribution in [2.24, 2.45) is 5.41 Å². The van der Waals surface area contributed by atoms with Crippen molar-refractivity contribution in [3.63, 3.8) is 0 Å². The van der Waals surface area contributed by atoms with Crippen LogP contribution in [0, 0.1) is 11.2 Å². The van der Waals surface area contributed by atoms with E-state index < -0.39 is 17.1 Å². The van der Waals surface area contributed by atoms with Crippen molar-refractivity contribution in [1.82, 2.24) is 5.32 Å². The summed E-state index contributed by atoms with van der Waals surface area (Å²) in [5.74, 6) is -1.44. The van der Waals surface area contributed by atoms with Crippen LogP contribution in [0.25, 0.3) is 0 Å². The SMILES string of the molecule is CCCNC(=O)C(C)(C)C(=O)Nc1ccccc1F. The summed E-state index contributed by atoms with van der Waals surface area (Å²) < 4.78 is 13.4. The van der Waals surface area contributed by atoms with Crippen molar-refractivity contribution in [3.8, 4) is 0 Å². The molecular weight excluding hydrogens is 247 g/mol. The summed E-state index contributed by atoms with van der Waals surface area (Å²) in [6, 6.07) is 5.85. The van der Waals surface area contributed by atoms with Crippen LogP contribution < -0.4 is 10.6 Å². The average molecular weight is 266 g/mol. The summed E-state index contributed by atoms with van der Waals surface area (Å²) in [5.41, 5.74) is -1.18. The lowest BCUT2D eigenvalue weighted by Crippen LogP contribution is -2.45. The molecule has 2 N–H and O–H groups in total. The molecule has 0 saturated carbocycles. The first-order valence-electron chi connectivity index (χ1n) is 6.24. The summed E-state index contributed by atoms with van der Waals surface area (Å²) >= 11 is 0. The summed E-state index contributed by atoms with van der Waals surface area (Å²) in [4.78, 5) is 23.9. The molecule has 0 heterocycles. The zero-order valence-corrected chi connectivity index (χ0v) is 11.4. The number of benzene rings is 1. The Kier molecular flexibility index (Phi) is 5.03. The highest BCUT2D eigenvalue weighted by molar-refractivity contribution is 6.09. The molecule has 0 aromatic heterocycles. The van der Waals surface area contributed by atoms with Crippen LogP contribution in [0.4, 0.5) is 10.1 Å². The van der Waals surface area contributed by atoms with Gasteiger partial charge in [0.25, 0.3) is 0 Å². The Bertz CT molecular complexity index is 472. The summed E-state index contributed by atoms with van der Waals surface area (Å²) in [6.07, 6.45) is 0.788. The molecular formula is C14H19FN2O2. The second-order valence-corrected chi connectivity index (χ2v) is 4.81. The molecule has 1 rings (SSSR count). The van der Waals surface area contributed by atoms with Gasteiger partial charge in [0.2, 0.25) is 11.8 Å². The van der Waals surface area contributed by atoms with E-state index in [1.807, 2.05) is 6.92 Å². The van der Waals surface area contributed by atoms with E-state index >= 15 is 0 Å². The van der Waals surface area contributed by atoms with Crippen molar-refractivity contribution < 1.29 is 14.0 Å². The zero-order valence-electron chi connectivity index (χ0n) is 11.4. The molecule has 104 valence electrons. The van der Waals surface area contributed by atoms with Gasteiger partial charge in [-0.05, 0) is 32.4 Å². The minimum absolute atomic E-state index is 0.0730. The van der Waals surface area contributed by atoms with E-state index in [-0.39, 0.29) is 11.6 Å². The Hall–Kier alpha value is -1.91. The maximum Gasteiger partial charge on any atom is 0.239 e. The number of para-hydroxylation sites is 1. The van der Waals surface area contributed by atoms with Gasteiger partial charge in [0.05, 0.1) is 5.69 Å². The van der Waals surface area contributed by atoms with E-state index in [1.54, 1.807) is 6.07 Å². The molecule has 0 aliphatic rings. The fourth-order valence-corrected chi connectivity index (χ4v) is 1.40. The van der Waals surface area contributed by atoms with Gasteiger partial charge in [0.1, 0.15) is 11.2 Å². The van der Waals surface area contributed by atoms with Gasteiger partial charge in [0, 0.05) is 6.54 Å². The lowest BCUT2D eigenvalue weighted by atomic mass is 9.91. The molecule has 0 spiro atoms. The molecule has 0 unspecified atom stereocenters. The third-order valence-electron chi connectivity index (χ3n) is 2.79. The zero-order chi connectivity index (χ0) is 14.5. The summed E-state index contributed by atoms with van der Waals surface area (Å²) in [6.45, 7) is 5.45. The third-order valence-corrected chi connectivity index (χ3v) is 2.79. The molecule has 0 aliphatic carbocycles. The van der Waals surface area contributed by atoms with Crippen LogP contribution in [0.5, 0.6) is 0 Å². The number of anilines is 1. The standard InChI is InChI=1S/C14H19FN2O2/c1-4-9-16-12(18)14(2,3)13(19)17-11-8-6-5-7-10(11)15/h5-8H,4,9H2,1-3H3,(H,16,18)(H,17,19). The topological polar surface area (TPSA) is 58.2 Å². The van der Waals surface area contributed by atoms with E-state index in [0.717, 1.165) is 6.42 Å². The predicted octanol–water partition coefficient (Wildman–Crippen LogP) is 2.32. The van der Waals surface area contributed by atoms with Crippen LogP contribution in [-0.2, 0) is 9.59 Å². The van der Waals surface area contributed by atoms with Crippen LogP contribution in [-0.4, -0.2) is 18.4 Å². The van der Waals surface area contributed by atoms with E-state index in [9.17, 15) is 14.0 Å². The van der Waals surface area contributed by atoms with Crippen molar-refractivity contribution in [3.05, 3.63) is 30.1 Å². The molecule has 0 atom stereocenters. The molecule has 0 saturated heterocycles. The maximum absolute atomic E-state index is 13.4. The number of carbonyl (C=O) groups excluding carboxylic acids is 2. The second kappa shape index (κ2) is 6.31. The first-order chi connectivity index (χ1) is 8.89. The minimum Gasteiger partial charge on any atom is -0.355 e. The monoisotopic (exact) mass is 266 g/mol. The maximum atomic E-state index is 13.4. The number of nitrogens with one attached hydrogen (secondary N) is 2. The highest BCUT2D eigenvalue weighted by Gasteiger charge is 2.36. The summed E-state index contributed by atoms with van der Waals surface area (Å²) in [7, 11) is 0. The van der Waals surface area contributed by atoms with Crippen LogP contribution in [0.2, 0.25) is 0 Å². The van der Waals surface area contributed by atoms with E-state index in [2.05, 4.69) is 10.6 Å². The number of hydrogen-bond donors (Lipinski definition) is 2. The summed E-state index contributed by atoms with van der Waals surface area (Å²) in [5, 5.41) is 5.09. The van der Waals surface area contributed by atoms with Gasteiger partial charge in [-0.2, -0.15) is 0 Å². The molecule has 19 heavy (non-hydrogen) atoms. The Morgan fingerprint density at radius 2 is 1.84 bits per heavy atom. The normalized spacial score (nSPS) is 10.9. The fourth-order valence-electron chi connectivity index (χ4n) is 1.40. The number of amides is 2. The highest BCUT2D eigenvalue weighted by atomic mass is 19.1. The van der Waals surface area contributed by atoms with E-state index in [1.165, 1.54) is 32.0 Å². The van der Waals surface area contributed by atoms with Gasteiger partial charge >= 0.3 is 0 Å². The highest BCUT2D eigenvalue weighted by Crippen LogP contribution is 2.20. The molecule has 1 aromatic rings. The van der Waals surface area contributed by atoms with Crippen molar-refractivity contribution in [2.75, 3.05) is 11.9 Å². The first kappa shape index (κ1) is 15.1. The Labute approximate surface area is 112 Å². The van der Waals surface area contributed by atoms with E-state index in [4.69, 9.17) is 0 Å². The smallest absolute Gasteiger partial charge is 0.239 e. The largest absolute Gasteiger partial charge is 0.355 e. The van der Waals surface area contributed by atoms with Gasteiger partial charge in [-0.1, -0.05) is 19.1 Å². The Morgan fingerprint density at radius 3 is 2.42 bits per heavy atom. The van der Waals surface area contributed by atoms with Crippen molar-refractivity contribution in [2.45, 2.75) is 27.2 Å². The second-order valence-electron chi connectivity index (χ2n) is 4.81. The lowest BCUT2D eigenvalue weighted by Gasteiger charge is -2.22. The third kappa shape index (κ3) is 3.77. The van der Waals surface area contributed by atoms with E-state index in [0.29, 0.717) is 6.54 Å². The number of carbonyl (C=O) groups is 2. The van der Waals surface area contributed by atoms with Gasteiger partial charge in [0.15, 0.2) is 0 Å². The molecule has 1 aromatic carbocycles. The van der Waals surface area contributed by atoms with Crippen LogP contribution in [0.15, 0.2) is 24.3 Å². The van der Waals surface area contributed by atoms with Crippen LogP contribution in [0.3, 0.4) is 0 Å². The lowest BCUT2D eigenvalue weighted by molar-refractivity contribution is -0.138. The molecule has 0 bridgehead atoms. The van der Waals surface area contributed by atoms with Gasteiger partial charge < -0.3 is 10.6 Å². The number of hydrogen-bond acceptors (Lipinski definition) is 2. The van der Waals surface area contributed by atoms with Gasteiger partial charge in [-0.25, -0.2) is 4.39 Å². The number of halogens is 1. The number of rotatable bonds is 5.